The molecule has 0 unspecified atom stereocenters. The van der Waals surface area contributed by atoms with E-state index >= 15 is 0 Å². The van der Waals surface area contributed by atoms with Crippen LogP contribution in [0.3, 0.4) is 0 Å². The molecular formula is C10H13N3O3. The maximum absolute atomic E-state index is 10.8. The lowest BCUT2D eigenvalue weighted by atomic mass is 10.3. The van der Waals surface area contributed by atoms with Crippen LogP contribution in [0.25, 0.3) is 6.08 Å². The summed E-state index contributed by atoms with van der Waals surface area (Å²) in [6.07, 6.45) is 4.60. The maximum atomic E-state index is 10.8. The number of rotatable bonds is 4. The molecular weight excluding hydrogens is 210 g/mol. The Morgan fingerprint density at radius 2 is 2.31 bits per heavy atom. The van der Waals surface area contributed by atoms with Gasteiger partial charge in [0.15, 0.2) is 0 Å². The van der Waals surface area contributed by atoms with Gasteiger partial charge in [0.25, 0.3) is 0 Å². The number of nitrogens with zero attached hydrogens (tertiary/aromatic N) is 2. The normalized spacial score (nSPS) is 11.2. The quantitative estimate of drug-likeness (QED) is 0.726. The standard InChI is InChI=1S/C10H13N3O3/c1-3-13-6-8(5-11-13)4-9(10(15)16)12-7(2)14/h4-6H,3H2,1-2H3,(H,12,14)(H,15,16)/b9-4+. The molecule has 16 heavy (non-hydrogen) atoms. The zero-order chi connectivity index (χ0) is 12.1. The van der Waals surface area contributed by atoms with Gasteiger partial charge in [-0.2, -0.15) is 5.10 Å². The van der Waals surface area contributed by atoms with Crippen molar-refractivity contribution in [1.82, 2.24) is 15.1 Å². The first-order chi connectivity index (χ1) is 7.52. The minimum atomic E-state index is -1.18. The van der Waals surface area contributed by atoms with Gasteiger partial charge in [-0.1, -0.05) is 0 Å². The molecule has 0 aliphatic rings. The fraction of sp³-hybridized carbons (Fsp3) is 0.300. The second-order valence-electron chi connectivity index (χ2n) is 3.17. The van der Waals surface area contributed by atoms with E-state index < -0.39 is 11.9 Å². The SMILES string of the molecule is CCn1cc(/C=C(/NC(C)=O)C(=O)O)cn1. The van der Waals surface area contributed by atoms with Gasteiger partial charge in [0.1, 0.15) is 5.70 Å². The van der Waals surface area contributed by atoms with Crippen LogP contribution in [-0.4, -0.2) is 26.8 Å². The molecule has 1 aromatic rings. The summed E-state index contributed by atoms with van der Waals surface area (Å²) in [6, 6.07) is 0. The number of hydrogen-bond donors (Lipinski definition) is 2. The molecule has 0 atom stereocenters. The molecule has 1 aromatic heterocycles. The number of carbonyl (C=O) groups is 2. The van der Waals surface area contributed by atoms with Gasteiger partial charge in [-0.25, -0.2) is 4.79 Å². The molecule has 0 bridgehead atoms. The molecule has 1 amide bonds. The second-order valence-corrected chi connectivity index (χ2v) is 3.17. The summed E-state index contributed by atoms with van der Waals surface area (Å²) in [5.41, 5.74) is 0.469. The lowest BCUT2D eigenvalue weighted by Crippen LogP contribution is -2.24. The van der Waals surface area contributed by atoms with Crippen molar-refractivity contribution in [3.63, 3.8) is 0 Å². The highest BCUT2D eigenvalue weighted by molar-refractivity contribution is 5.96. The van der Waals surface area contributed by atoms with Crippen LogP contribution < -0.4 is 5.32 Å². The molecule has 0 radical (unpaired) electrons. The number of hydrogen-bond acceptors (Lipinski definition) is 3. The number of amides is 1. The summed E-state index contributed by atoms with van der Waals surface area (Å²) in [5.74, 6) is -1.60. The fourth-order valence-electron chi connectivity index (χ4n) is 1.13. The third kappa shape index (κ3) is 3.23. The Balaban J connectivity index is 2.92. The fourth-order valence-corrected chi connectivity index (χ4v) is 1.13. The summed E-state index contributed by atoms with van der Waals surface area (Å²) >= 11 is 0. The van der Waals surface area contributed by atoms with Gasteiger partial charge in [0.2, 0.25) is 5.91 Å². The summed E-state index contributed by atoms with van der Waals surface area (Å²) in [6.45, 7) is 3.88. The van der Waals surface area contributed by atoms with Crippen LogP contribution in [0.1, 0.15) is 19.4 Å². The number of nitrogens with one attached hydrogen (secondary N) is 1. The van der Waals surface area contributed by atoms with Gasteiger partial charge in [-0.05, 0) is 13.0 Å². The van der Waals surface area contributed by atoms with Gasteiger partial charge < -0.3 is 10.4 Å². The minimum Gasteiger partial charge on any atom is -0.477 e. The zero-order valence-electron chi connectivity index (χ0n) is 9.10. The predicted octanol–water partition coefficient (Wildman–Crippen LogP) is 0.465. The van der Waals surface area contributed by atoms with E-state index in [1.54, 1.807) is 10.9 Å². The van der Waals surface area contributed by atoms with Crippen molar-refractivity contribution >= 4 is 18.0 Å². The van der Waals surface area contributed by atoms with Crippen LogP contribution in [0.4, 0.5) is 0 Å². The molecule has 0 saturated carbocycles. The number of aromatic nitrogens is 2. The number of carboxylic acids is 1. The smallest absolute Gasteiger partial charge is 0.352 e. The highest BCUT2D eigenvalue weighted by Gasteiger charge is 2.09. The van der Waals surface area contributed by atoms with Gasteiger partial charge >= 0.3 is 5.97 Å². The van der Waals surface area contributed by atoms with Gasteiger partial charge in [0.05, 0.1) is 6.20 Å². The van der Waals surface area contributed by atoms with E-state index in [2.05, 4.69) is 10.4 Å². The highest BCUT2D eigenvalue weighted by atomic mass is 16.4. The minimum absolute atomic E-state index is 0.164. The summed E-state index contributed by atoms with van der Waals surface area (Å²) in [4.78, 5) is 21.6. The van der Waals surface area contributed by atoms with Crippen molar-refractivity contribution in [3.8, 4) is 0 Å². The Morgan fingerprint density at radius 3 is 2.75 bits per heavy atom. The molecule has 6 heteroatoms. The Hall–Kier alpha value is -2.11. The summed E-state index contributed by atoms with van der Waals surface area (Å²) < 4.78 is 1.67. The molecule has 0 fully saturated rings. The van der Waals surface area contributed by atoms with Crippen molar-refractivity contribution in [3.05, 3.63) is 23.7 Å². The summed E-state index contributed by atoms with van der Waals surface area (Å²) in [5, 5.41) is 15.1. The Kier molecular flexibility index (Phi) is 3.82. The van der Waals surface area contributed by atoms with Gasteiger partial charge in [-0.3, -0.25) is 9.48 Å². The lowest BCUT2D eigenvalue weighted by molar-refractivity contribution is -0.134. The van der Waals surface area contributed by atoms with Crippen LogP contribution in [-0.2, 0) is 16.1 Å². The van der Waals surface area contributed by atoms with Crippen molar-refractivity contribution in [1.29, 1.82) is 0 Å². The molecule has 1 rings (SSSR count). The van der Waals surface area contributed by atoms with E-state index in [1.807, 2.05) is 6.92 Å². The molecule has 0 aliphatic carbocycles. The van der Waals surface area contributed by atoms with E-state index in [1.165, 1.54) is 19.2 Å². The highest BCUT2D eigenvalue weighted by Crippen LogP contribution is 2.04. The predicted molar refractivity (Wildman–Crippen MR) is 57.3 cm³/mol. The molecule has 6 nitrogen and oxygen atoms in total. The molecule has 86 valence electrons. The van der Waals surface area contributed by atoms with E-state index in [0.717, 1.165) is 0 Å². The molecule has 2 N–H and O–H groups in total. The first-order valence-electron chi connectivity index (χ1n) is 4.78. The maximum Gasteiger partial charge on any atom is 0.352 e. The largest absolute Gasteiger partial charge is 0.477 e. The Morgan fingerprint density at radius 1 is 1.62 bits per heavy atom. The molecule has 0 saturated heterocycles. The van der Waals surface area contributed by atoms with Gasteiger partial charge in [-0.15, -0.1) is 0 Å². The monoisotopic (exact) mass is 223 g/mol. The third-order valence-electron chi connectivity index (χ3n) is 1.83. The van der Waals surface area contributed by atoms with Crippen LogP contribution >= 0.6 is 0 Å². The zero-order valence-corrected chi connectivity index (χ0v) is 9.10. The lowest BCUT2D eigenvalue weighted by Gasteiger charge is -2.01. The van der Waals surface area contributed by atoms with Crippen molar-refractivity contribution < 1.29 is 14.7 Å². The molecule has 0 spiro atoms. The van der Waals surface area contributed by atoms with Crippen LogP contribution in [0.15, 0.2) is 18.1 Å². The summed E-state index contributed by atoms with van der Waals surface area (Å²) in [7, 11) is 0. The van der Waals surface area contributed by atoms with Crippen molar-refractivity contribution in [2.24, 2.45) is 0 Å². The topological polar surface area (TPSA) is 84.2 Å². The van der Waals surface area contributed by atoms with Crippen LogP contribution in [0.5, 0.6) is 0 Å². The third-order valence-corrected chi connectivity index (χ3v) is 1.83. The molecule has 0 aromatic carbocycles. The second kappa shape index (κ2) is 5.11. The van der Waals surface area contributed by atoms with Crippen molar-refractivity contribution in [2.45, 2.75) is 20.4 Å². The number of carboxylic acid groups (broad SMARTS) is 1. The van der Waals surface area contributed by atoms with Gasteiger partial charge in [0, 0.05) is 25.2 Å². The molecule has 1 heterocycles. The first kappa shape index (κ1) is 12.0. The Labute approximate surface area is 92.6 Å². The number of aryl methyl sites for hydroxylation is 1. The van der Waals surface area contributed by atoms with E-state index in [0.29, 0.717) is 12.1 Å². The van der Waals surface area contributed by atoms with Crippen LogP contribution in [0.2, 0.25) is 0 Å². The van der Waals surface area contributed by atoms with E-state index in [4.69, 9.17) is 5.11 Å². The number of aliphatic carboxylic acids is 1. The van der Waals surface area contributed by atoms with E-state index in [9.17, 15) is 9.59 Å². The van der Waals surface area contributed by atoms with Crippen molar-refractivity contribution in [2.75, 3.05) is 0 Å². The first-order valence-corrected chi connectivity index (χ1v) is 4.78. The molecule has 0 aliphatic heterocycles. The Bertz CT molecular complexity index is 434. The average Bonchev–Trinajstić information content (AvgIpc) is 2.63. The number of carbonyl (C=O) groups excluding carboxylic acids is 1. The van der Waals surface area contributed by atoms with Crippen LogP contribution in [0, 0.1) is 0 Å². The average molecular weight is 223 g/mol. The van der Waals surface area contributed by atoms with E-state index in [-0.39, 0.29) is 5.70 Å².